The lowest BCUT2D eigenvalue weighted by Crippen LogP contribution is -2.09. The van der Waals surface area contributed by atoms with Crippen LogP contribution in [-0.2, 0) is 0 Å². The zero-order chi connectivity index (χ0) is 19.5. The number of benzene rings is 2. The maximum atomic E-state index is 5.55. The number of anilines is 1. The first-order valence-corrected chi connectivity index (χ1v) is 9.29. The van der Waals surface area contributed by atoms with Crippen molar-refractivity contribution in [3.63, 3.8) is 0 Å². The number of nitrogens with one attached hydrogen (secondary N) is 1. The molecule has 140 valence electrons. The van der Waals surface area contributed by atoms with E-state index in [1.807, 2.05) is 43.3 Å². The highest BCUT2D eigenvalue weighted by atomic mass is 16.5. The van der Waals surface area contributed by atoms with Gasteiger partial charge in [0.1, 0.15) is 5.82 Å². The van der Waals surface area contributed by atoms with E-state index < -0.39 is 0 Å². The van der Waals surface area contributed by atoms with Crippen molar-refractivity contribution in [2.75, 3.05) is 5.32 Å². The van der Waals surface area contributed by atoms with Crippen molar-refractivity contribution in [3.8, 4) is 22.8 Å². The summed E-state index contributed by atoms with van der Waals surface area (Å²) in [6, 6.07) is 20.4. The maximum Gasteiger partial charge on any atom is 0.261 e. The van der Waals surface area contributed by atoms with Crippen LogP contribution in [0.25, 0.3) is 22.8 Å². The summed E-state index contributed by atoms with van der Waals surface area (Å²) in [7, 11) is 0. The lowest BCUT2D eigenvalue weighted by Gasteiger charge is -2.16. The number of hydrogen-bond acceptors (Lipinski definition) is 5. The number of hydrogen-bond donors (Lipinski definition) is 1. The Hall–Kier alpha value is -3.47. The molecule has 0 fully saturated rings. The summed E-state index contributed by atoms with van der Waals surface area (Å²) in [5.74, 6) is 1.73. The summed E-state index contributed by atoms with van der Waals surface area (Å²) >= 11 is 0. The van der Waals surface area contributed by atoms with Gasteiger partial charge in [-0.2, -0.15) is 4.98 Å². The van der Waals surface area contributed by atoms with Crippen LogP contribution >= 0.6 is 0 Å². The summed E-state index contributed by atoms with van der Waals surface area (Å²) in [4.78, 5) is 9.08. The standard InChI is InChI=1S/C23H22N4O/c1-15-9-11-18(12-10-15)17(3)25-22-20(8-5-13-24-22)23-26-21(27-28-23)19-7-4-6-16(2)14-19/h4-14,17H,1-3H3,(H,24,25)/t17-/m1/s1. The van der Waals surface area contributed by atoms with Gasteiger partial charge in [-0.15, -0.1) is 0 Å². The quantitative estimate of drug-likeness (QED) is 0.496. The number of aryl methyl sites for hydroxylation is 2. The van der Waals surface area contributed by atoms with Crippen molar-refractivity contribution in [3.05, 3.63) is 83.6 Å². The van der Waals surface area contributed by atoms with Crippen LogP contribution in [-0.4, -0.2) is 15.1 Å². The second-order valence-corrected chi connectivity index (χ2v) is 6.97. The molecule has 5 heteroatoms. The Kier molecular flexibility index (Phi) is 4.89. The van der Waals surface area contributed by atoms with Crippen molar-refractivity contribution in [1.29, 1.82) is 0 Å². The van der Waals surface area contributed by atoms with Crippen LogP contribution in [0.15, 0.2) is 71.4 Å². The molecule has 0 unspecified atom stereocenters. The SMILES string of the molecule is Cc1ccc([C@@H](C)Nc2ncccc2-c2nc(-c3cccc(C)c3)no2)cc1. The molecule has 0 bridgehead atoms. The van der Waals surface area contributed by atoms with Crippen LogP contribution in [0.4, 0.5) is 5.82 Å². The highest BCUT2D eigenvalue weighted by Gasteiger charge is 2.16. The topological polar surface area (TPSA) is 63.8 Å². The van der Waals surface area contributed by atoms with Gasteiger partial charge in [-0.25, -0.2) is 4.98 Å². The van der Waals surface area contributed by atoms with Gasteiger partial charge in [0.25, 0.3) is 5.89 Å². The van der Waals surface area contributed by atoms with E-state index in [1.54, 1.807) is 6.20 Å². The molecular formula is C23H22N4O. The normalized spacial score (nSPS) is 12.0. The monoisotopic (exact) mass is 370 g/mol. The molecule has 1 atom stereocenters. The molecule has 0 aliphatic heterocycles. The van der Waals surface area contributed by atoms with Crippen molar-refractivity contribution in [2.24, 2.45) is 0 Å². The fraction of sp³-hybridized carbons (Fsp3) is 0.174. The van der Waals surface area contributed by atoms with Crippen LogP contribution in [0.5, 0.6) is 0 Å². The van der Waals surface area contributed by atoms with Crippen LogP contribution in [0.3, 0.4) is 0 Å². The first-order chi connectivity index (χ1) is 13.6. The molecule has 0 spiro atoms. The first-order valence-electron chi connectivity index (χ1n) is 9.29. The zero-order valence-corrected chi connectivity index (χ0v) is 16.2. The second-order valence-electron chi connectivity index (χ2n) is 6.97. The van der Waals surface area contributed by atoms with Crippen molar-refractivity contribution >= 4 is 5.82 Å². The van der Waals surface area contributed by atoms with Crippen LogP contribution < -0.4 is 5.32 Å². The van der Waals surface area contributed by atoms with Crippen molar-refractivity contribution < 1.29 is 4.52 Å². The summed E-state index contributed by atoms with van der Waals surface area (Å²) in [6.45, 7) is 6.23. The molecule has 0 saturated carbocycles. The Bertz CT molecular complexity index is 1090. The van der Waals surface area contributed by atoms with E-state index in [4.69, 9.17) is 4.52 Å². The predicted molar refractivity (Wildman–Crippen MR) is 111 cm³/mol. The van der Waals surface area contributed by atoms with E-state index in [0.717, 1.165) is 22.5 Å². The molecule has 2 heterocycles. The molecule has 1 N–H and O–H groups in total. The third-order valence-electron chi connectivity index (χ3n) is 4.67. The van der Waals surface area contributed by atoms with E-state index in [1.165, 1.54) is 11.1 Å². The minimum atomic E-state index is 0.0911. The molecule has 0 saturated heterocycles. The number of pyridine rings is 1. The smallest absolute Gasteiger partial charge is 0.261 e. The van der Waals surface area contributed by atoms with Crippen LogP contribution in [0.2, 0.25) is 0 Å². The molecule has 4 aromatic rings. The summed E-state index contributed by atoms with van der Waals surface area (Å²) in [6.07, 6.45) is 1.76. The third kappa shape index (κ3) is 3.78. The molecule has 0 aliphatic carbocycles. The molecule has 0 aliphatic rings. The Labute approximate surface area is 164 Å². The second kappa shape index (κ2) is 7.64. The van der Waals surface area contributed by atoms with Gasteiger partial charge in [-0.1, -0.05) is 58.7 Å². The fourth-order valence-corrected chi connectivity index (χ4v) is 3.07. The van der Waals surface area contributed by atoms with E-state index in [0.29, 0.717) is 11.7 Å². The predicted octanol–water partition coefficient (Wildman–Crippen LogP) is 5.59. The molecule has 2 aromatic heterocycles. The van der Waals surface area contributed by atoms with Crippen molar-refractivity contribution in [1.82, 2.24) is 15.1 Å². The van der Waals surface area contributed by atoms with E-state index in [9.17, 15) is 0 Å². The largest absolute Gasteiger partial charge is 0.363 e. The summed E-state index contributed by atoms with van der Waals surface area (Å²) in [5.41, 5.74) is 5.30. The number of nitrogens with zero attached hydrogens (tertiary/aromatic N) is 3. The molecule has 4 rings (SSSR count). The lowest BCUT2D eigenvalue weighted by atomic mass is 10.1. The summed E-state index contributed by atoms with van der Waals surface area (Å²) in [5, 5.41) is 7.61. The van der Waals surface area contributed by atoms with E-state index in [-0.39, 0.29) is 6.04 Å². The van der Waals surface area contributed by atoms with E-state index in [2.05, 4.69) is 58.6 Å². The highest BCUT2D eigenvalue weighted by molar-refractivity contribution is 5.70. The minimum Gasteiger partial charge on any atom is -0.363 e. The maximum absolute atomic E-state index is 5.55. The zero-order valence-electron chi connectivity index (χ0n) is 16.2. The molecule has 0 amide bonds. The third-order valence-corrected chi connectivity index (χ3v) is 4.67. The van der Waals surface area contributed by atoms with Gasteiger partial charge >= 0.3 is 0 Å². The number of aromatic nitrogens is 3. The fourth-order valence-electron chi connectivity index (χ4n) is 3.07. The summed E-state index contributed by atoms with van der Waals surface area (Å²) < 4.78 is 5.55. The van der Waals surface area contributed by atoms with Gasteiger partial charge < -0.3 is 9.84 Å². The Morgan fingerprint density at radius 2 is 1.75 bits per heavy atom. The molecule has 5 nitrogen and oxygen atoms in total. The van der Waals surface area contributed by atoms with Gasteiger partial charge in [0.15, 0.2) is 0 Å². The average Bonchev–Trinajstić information content (AvgIpc) is 3.19. The van der Waals surface area contributed by atoms with Gasteiger partial charge in [-0.3, -0.25) is 0 Å². The van der Waals surface area contributed by atoms with Crippen LogP contribution in [0, 0.1) is 13.8 Å². The van der Waals surface area contributed by atoms with Crippen LogP contribution in [0.1, 0.15) is 29.7 Å². The molecule has 28 heavy (non-hydrogen) atoms. The van der Waals surface area contributed by atoms with Gasteiger partial charge in [0.2, 0.25) is 5.82 Å². The van der Waals surface area contributed by atoms with E-state index >= 15 is 0 Å². The Morgan fingerprint density at radius 1 is 0.929 bits per heavy atom. The number of rotatable bonds is 5. The molecule has 2 aromatic carbocycles. The Morgan fingerprint density at radius 3 is 2.54 bits per heavy atom. The molecule has 0 radical (unpaired) electrons. The minimum absolute atomic E-state index is 0.0911. The van der Waals surface area contributed by atoms with Gasteiger partial charge in [0, 0.05) is 17.8 Å². The first kappa shape index (κ1) is 17.9. The van der Waals surface area contributed by atoms with Gasteiger partial charge in [0.05, 0.1) is 5.56 Å². The van der Waals surface area contributed by atoms with Crippen molar-refractivity contribution in [2.45, 2.75) is 26.8 Å². The highest BCUT2D eigenvalue weighted by Crippen LogP contribution is 2.29. The lowest BCUT2D eigenvalue weighted by molar-refractivity contribution is 0.432. The molecular weight excluding hydrogens is 348 g/mol. The van der Waals surface area contributed by atoms with Gasteiger partial charge in [-0.05, 0) is 44.5 Å². The Balaban J connectivity index is 1.62. The average molecular weight is 370 g/mol.